The molecule has 0 spiro atoms. The molecule has 0 radical (unpaired) electrons. The zero-order chi connectivity index (χ0) is 28.0. The van der Waals surface area contributed by atoms with Gasteiger partial charge in [0.15, 0.2) is 0 Å². The molecule has 4 nitrogen and oxygen atoms in total. The molecule has 13 heteroatoms. The van der Waals surface area contributed by atoms with Gasteiger partial charge in [-0.2, -0.15) is 26.3 Å². The number of benzene rings is 2. The largest absolute Gasteiger partial charge is 0.598 e. The van der Waals surface area contributed by atoms with Crippen molar-refractivity contribution in [3.8, 4) is 11.1 Å². The number of rotatable bonds is 6. The van der Waals surface area contributed by atoms with Gasteiger partial charge in [0.25, 0.3) is 0 Å². The van der Waals surface area contributed by atoms with E-state index in [1.54, 1.807) is 0 Å². The third kappa shape index (κ3) is 6.48. The standard InChI is InChI=1S/C23H23F8NO3S/c1-10-6-12(22(26,27)28)7-11(2)17(10)13-8-14(23(29,30)31)20(25)18(19(13)24)15(9-16(33)34)32-36(35)21(3,4)5/h6-8,15,32H,9H2,1-5H3,(H,33,34). The van der Waals surface area contributed by atoms with E-state index in [-0.39, 0.29) is 22.8 Å². The van der Waals surface area contributed by atoms with E-state index in [4.69, 9.17) is 0 Å². The van der Waals surface area contributed by atoms with Crippen LogP contribution in [0.5, 0.6) is 0 Å². The third-order valence-corrected chi connectivity index (χ3v) is 6.81. The molecule has 2 unspecified atom stereocenters. The van der Waals surface area contributed by atoms with Gasteiger partial charge >= 0.3 is 18.3 Å². The maximum Gasteiger partial charge on any atom is 0.419 e. The molecular formula is C23H23F8NO3S. The first kappa shape index (κ1) is 29.8. The van der Waals surface area contributed by atoms with Gasteiger partial charge in [-0.3, -0.25) is 4.79 Å². The molecule has 2 atom stereocenters. The number of alkyl halides is 6. The minimum Gasteiger partial charge on any atom is -0.598 e. The van der Waals surface area contributed by atoms with E-state index in [0.717, 1.165) is 13.8 Å². The van der Waals surface area contributed by atoms with Crippen molar-refractivity contribution in [3.05, 3.63) is 57.7 Å². The van der Waals surface area contributed by atoms with Crippen LogP contribution in [0.15, 0.2) is 18.2 Å². The Bertz CT molecular complexity index is 1130. The molecule has 200 valence electrons. The third-order valence-electron chi connectivity index (χ3n) is 5.20. The predicted molar refractivity (Wildman–Crippen MR) is 117 cm³/mol. The number of carbonyl (C=O) groups is 1. The van der Waals surface area contributed by atoms with Gasteiger partial charge in [-0.05, 0) is 69.5 Å². The van der Waals surface area contributed by atoms with Crippen LogP contribution in [0.25, 0.3) is 11.1 Å². The summed E-state index contributed by atoms with van der Waals surface area (Å²) in [7, 11) is 0. The second kappa shape index (κ2) is 10.2. The van der Waals surface area contributed by atoms with Crippen LogP contribution in [-0.2, 0) is 28.5 Å². The van der Waals surface area contributed by atoms with Gasteiger partial charge in [-0.1, -0.05) is 0 Å². The second-order valence-electron chi connectivity index (χ2n) is 9.14. The predicted octanol–water partition coefficient (Wildman–Crippen LogP) is 6.85. The number of hydrogen-bond acceptors (Lipinski definition) is 3. The van der Waals surface area contributed by atoms with Crippen LogP contribution < -0.4 is 4.72 Å². The number of carboxylic acid groups (broad SMARTS) is 1. The lowest BCUT2D eigenvalue weighted by Gasteiger charge is -2.29. The molecule has 2 aromatic carbocycles. The van der Waals surface area contributed by atoms with E-state index in [1.165, 1.54) is 20.8 Å². The molecule has 0 aromatic heterocycles. The van der Waals surface area contributed by atoms with Gasteiger partial charge in [0.05, 0.1) is 23.6 Å². The van der Waals surface area contributed by atoms with E-state index >= 15 is 8.78 Å². The summed E-state index contributed by atoms with van der Waals surface area (Å²) in [6.07, 6.45) is -11.3. The SMILES string of the molecule is Cc1cc(C(F)(F)F)cc(C)c1-c1cc(C(F)(F)F)c(F)c(C(CC(=O)O)N[S+]([O-])C(C)(C)C)c1F. The summed E-state index contributed by atoms with van der Waals surface area (Å²) in [6.45, 7) is 6.55. The highest BCUT2D eigenvalue weighted by atomic mass is 32.2. The van der Waals surface area contributed by atoms with E-state index in [9.17, 15) is 40.8 Å². The number of nitrogens with one attached hydrogen (secondary N) is 1. The van der Waals surface area contributed by atoms with E-state index in [0.29, 0.717) is 12.1 Å². The lowest BCUT2D eigenvalue weighted by Crippen LogP contribution is -2.42. The van der Waals surface area contributed by atoms with Gasteiger partial charge < -0.3 is 9.66 Å². The lowest BCUT2D eigenvalue weighted by atomic mass is 9.88. The van der Waals surface area contributed by atoms with Crippen LogP contribution in [0.4, 0.5) is 35.1 Å². The van der Waals surface area contributed by atoms with Crippen LogP contribution in [0, 0.1) is 25.5 Å². The maximum atomic E-state index is 15.8. The van der Waals surface area contributed by atoms with Crippen LogP contribution in [0.1, 0.15) is 61.1 Å². The summed E-state index contributed by atoms with van der Waals surface area (Å²) >= 11 is -2.15. The molecule has 0 aliphatic rings. The molecule has 0 fully saturated rings. The molecule has 0 aliphatic carbocycles. The van der Waals surface area contributed by atoms with Gasteiger partial charge in [-0.15, -0.1) is 4.72 Å². The first-order valence-electron chi connectivity index (χ1n) is 10.3. The second-order valence-corrected chi connectivity index (χ2v) is 11.1. The maximum absolute atomic E-state index is 15.8. The summed E-state index contributed by atoms with van der Waals surface area (Å²) in [5, 5.41) is 9.24. The molecule has 2 rings (SSSR count). The molecule has 0 aliphatic heterocycles. The van der Waals surface area contributed by atoms with E-state index < -0.39 is 80.8 Å². The minimum atomic E-state index is -5.37. The molecule has 0 bridgehead atoms. The van der Waals surface area contributed by atoms with Crippen LogP contribution in [-0.4, -0.2) is 20.4 Å². The highest BCUT2D eigenvalue weighted by Gasteiger charge is 2.41. The van der Waals surface area contributed by atoms with Gasteiger partial charge in [0.1, 0.15) is 16.4 Å². The smallest absolute Gasteiger partial charge is 0.419 e. The van der Waals surface area contributed by atoms with Crippen molar-refractivity contribution in [2.75, 3.05) is 0 Å². The fourth-order valence-corrected chi connectivity index (χ4v) is 4.40. The summed E-state index contributed by atoms with van der Waals surface area (Å²) in [5.41, 5.74) is -6.11. The van der Waals surface area contributed by atoms with Gasteiger partial charge in [0, 0.05) is 22.5 Å². The monoisotopic (exact) mass is 545 g/mol. The highest BCUT2D eigenvalue weighted by molar-refractivity contribution is 7.90. The number of hydrogen-bond donors (Lipinski definition) is 2. The highest BCUT2D eigenvalue weighted by Crippen LogP contribution is 2.43. The average molecular weight is 545 g/mol. The van der Waals surface area contributed by atoms with Crippen LogP contribution in [0.2, 0.25) is 0 Å². The van der Waals surface area contributed by atoms with Crippen molar-refractivity contribution in [1.29, 1.82) is 0 Å². The zero-order valence-corrected chi connectivity index (χ0v) is 20.5. The topological polar surface area (TPSA) is 72.4 Å². The van der Waals surface area contributed by atoms with Crippen molar-refractivity contribution < 1.29 is 49.6 Å². The summed E-state index contributed by atoms with van der Waals surface area (Å²) in [4.78, 5) is 11.4. The molecule has 0 saturated heterocycles. The molecular weight excluding hydrogens is 522 g/mol. The molecule has 0 heterocycles. The number of carboxylic acids is 1. The van der Waals surface area contributed by atoms with Crippen LogP contribution in [0.3, 0.4) is 0 Å². The Morgan fingerprint density at radius 3 is 1.86 bits per heavy atom. The summed E-state index contributed by atoms with van der Waals surface area (Å²) in [5.74, 6) is -5.38. The zero-order valence-electron chi connectivity index (χ0n) is 19.7. The average Bonchev–Trinajstić information content (AvgIpc) is 2.65. The first-order valence-corrected chi connectivity index (χ1v) is 11.5. The summed E-state index contributed by atoms with van der Waals surface area (Å²) < 4.78 is 125. The van der Waals surface area contributed by atoms with E-state index in [2.05, 4.69) is 4.72 Å². The number of aryl methyl sites for hydroxylation is 2. The Morgan fingerprint density at radius 2 is 1.47 bits per heavy atom. The van der Waals surface area contributed by atoms with Crippen molar-refractivity contribution in [2.45, 2.75) is 64.2 Å². The normalized spacial score (nSPS) is 14.6. The Labute approximate surface area is 205 Å². The van der Waals surface area contributed by atoms with E-state index in [1.807, 2.05) is 0 Å². The Hall–Kier alpha value is -2.38. The first-order chi connectivity index (χ1) is 16.2. The quantitative estimate of drug-likeness (QED) is 0.308. The fraction of sp³-hybridized carbons (Fsp3) is 0.435. The lowest BCUT2D eigenvalue weighted by molar-refractivity contribution is -0.140. The van der Waals surface area contributed by atoms with Gasteiger partial charge in [0.2, 0.25) is 0 Å². The van der Waals surface area contributed by atoms with Crippen molar-refractivity contribution >= 4 is 17.3 Å². The fourth-order valence-electron chi connectivity index (χ4n) is 3.59. The molecule has 0 amide bonds. The molecule has 2 aromatic rings. The number of halogens is 8. The van der Waals surface area contributed by atoms with Crippen molar-refractivity contribution in [1.82, 2.24) is 4.72 Å². The Kier molecular flexibility index (Phi) is 8.43. The number of aliphatic carboxylic acids is 1. The minimum absolute atomic E-state index is 0.134. The van der Waals surface area contributed by atoms with Crippen LogP contribution >= 0.6 is 0 Å². The molecule has 36 heavy (non-hydrogen) atoms. The molecule has 2 N–H and O–H groups in total. The van der Waals surface area contributed by atoms with Gasteiger partial charge in [-0.25, -0.2) is 8.78 Å². The summed E-state index contributed by atoms with van der Waals surface area (Å²) in [6, 6.07) is -0.645. The van der Waals surface area contributed by atoms with Crippen molar-refractivity contribution in [3.63, 3.8) is 0 Å². The molecule has 0 saturated carbocycles. The Morgan fingerprint density at radius 1 is 0.972 bits per heavy atom. The Balaban J connectivity index is 2.93. The van der Waals surface area contributed by atoms with Crippen molar-refractivity contribution in [2.24, 2.45) is 0 Å².